The van der Waals surface area contributed by atoms with Crippen molar-refractivity contribution >= 4 is 5.91 Å². The summed E-state index contributed by atoms with van der Waals surface area (Å²) in [6.45, 7) is 10.5. The third-order valence-corrected chi connectivity index (χ3v) is 3.75. The molecule has 2 unspecified atom stereocenters. The van der Waals surface area contributed by atoms with E-state index in [-0.39, 0.29) is 17.4 Å². The topological polar surface area (TPSA) is 50.4 Å². The lowest BCUT2D eigenvalue weighted by molar-refractivity contribution is -0.135. The normalized spacial score (nSPS) is 20.9. The summed E-state index contributed by atoms with van der Waals surface area (Å²) in [6, 6.07) is 8.28. The van der Waals surface area contributed by atoms with Crippen LogP contribution in [0.5, 0.6) is 0 Å². The van der Waals surface area contributed by atoms with Crippen LogP contribution in [0.4, 0.5) is 0 Å². The molecular formula is C17H26N2O2. The molecule has 2 rings (SSSR count). The summed E-state index contributed by atoms with van der Waals surface area (Å²) in [5.41, 5.74) is 2.28. The van der Waals surface area contributed by atoms with Crippen molar-refractivity contribution in [3.8, 4) is 0 Å². The SMILES string of the molecule is Cc1cccc(C(NC(=O)C2CNCCO2)C(C)(C)C)c1. The molecule has 2 atom stereocenters. The fourth-order valence-corrected chi connectivity index (χ4v) is 2.62. The quantitative estimate of drug-likeness (QED) is 0.897. The monoisotopic (exact) mass is 290 g/mol. The maximum atomic E-state index is 12.4. The Kier molecular flexibility index (Phi) is 5.01. The maximum Gasteiger partial charge on any atom is 0.250 e. The summed E-state index contributed by atoms with van der Waals surface area (Å²) in [5.74, 6) is -0.0383. The highest BCUT2D eigenvalue weighted by Gasteiger charge is 2.31. The van der Waals surface area contributed by atoms with Gasteiger partial charge in [0.25, 0.3) is 5.91 Å². The molecule has 4 heteroatoms. The number of carbonyl (C=O) groups excluding carboxylic acids is 1. The van der Waals surface area contributed by atoms with E-state index in [1.165, 1.54) is 5.56 Å². The zero-order valence-corrected chi connectivity index (χ0v) is 13.4. The third-order valence-electron chi connectivity index (χ3n) is 3.75. The second-order valence-corrected chi connectivity index (χ2v) is 6.79. The Morgan fingerprint density at radius 3 is 2.76 bits per heavy atom. The molecule has 1 saturated heterocycles. The van der Waals surface area contributed by atoms with Crippen LogP contribution in [-0.4, -0.2) is 31.7 Å². The second-order valence-electron chi connectivity index (χ2n) is 6.79. The smallest absolute Gasteiger partial charge is 0.250 e. The van der Waals surface area contributed by atoms with E-state index in [0.29, 0.717) is 13.2 Å². The summed E-state index contributed by atoms with van der Waals surface area (Å²) in [4.78, 5) is 12.4. The molecular weight excluding hydrogens is 264 g/mol. The van der Waals surface area contributed by atoms with E-state index in [1.807, 2.05) is 6.07 Å². The average molecular weight is 290 g/mol. The van der Waals surface area contributed by atoms with Crippen LogP contribution in [0.15, 0.2) is 24.3 Å². The van der Waals surface area contributed by atoms with Gasteiger partial charge < -0.3 is 15.4 Å². The molecule has 0 spiro atoms. The zero-order valence-electron chi connectivity index (χ0n) is 13.4. The fraction of sp³-hybridized carbons (Fsp3) is 0.588. The second kappa shape index (κ2) is 6.58. The first kappa shape index (κ1) is 16.0. The number of amides is 1. The third kappa shape index (κ3) is 4.29. The molecule has 0 saturated carbocycles. The molecule has 0 bridgehead atoms. The molecule has 4 nitrogen and oxygen atoms in total. The van der Waals surface area contributed by atoms with E-state index in [2.05, 4.69) is 56.5 Å². The Labute approximate surface area is 127 Å². The van der Waals surface area contributed by atoms with Gasteiger partial charge in [-0.1, -0.05) is 50.6 Å². The van der Waals surface area contributed by atoms with Crippen molar-refractivity contribution in [1.82, 2.24) is 10.6 Å². The van der Waals surface area contributed by atoms with Crippen LogP contribution in [0.3, 0.4) is 0 Å². The summed E-state index contributed by atoms with van der Waals surface area (Å²) in [6.07, 6.45) is -0.395. The van der Waals surface area contributed by atoms with Gasteiger partial charge >= 0.3 is 0 Å². The first-order valence-electron chi connectivity index (χ1n) is 7.57. The van der Waals surface area contributed by atoms with Crippen LogP contribution >= 0.6 is 0 Å². The summed E-state index contributed by atoms with van der Waals surface area (Å²) >= 11 is 0. The zero-order chi connectivity index (χ0) is 15.5. The largest absolute Gasteiger partial charge is 0.366 e. The molecule has 1 amide bonds. The van der Waals surface area contributed by atoms with Crippen molar-refractivity contribution in [2.75, 3.05) is 19.7 Å². The Bertz CT molecular complexity index is 488. The highest BCUT2D eigenvalue weighted by atomic mass is 16.5. The number of rotatable bonds is 3. The van der Waals surface area contributed by atoms with E-state index < -0.39 is 6.10 Å². The Balaban J connectivity index is 2.15. The molecule has 1 aromatic rings. The minimum absolute atomic E-state index is 0.0320. The average Bonchev–Trinajstić information content (AvgIpc) is 2.44. The standard InChI is InChI=1S/C17H26N2O2/c1-12-6-5-7-13(10-12)15(17(2,3)4)19-16(20)14-11-18-8-9-21-14/h5-7,10,14-15,18H,8-9,11H2,1-4H3,(H,19,20). The van der Waals surface area contributed by atoms with E-state index in [4.69, 9.17) is 4.74 Å². The number of hydrogen-bond acceptors (Lipinski definition) is 3. The van der Waals surface area contributed by atoms with Gasteiger partial charge in [0.05, 0.1) is 12.6 Å². The fourth-order valence-electron chi connectivity index (χ4n) is 2.62. The minimum atomic E-state index is -0.395. The number of carbonyl (C=O) groups is 1. The first-order valence-corrected chi connectivity index (χ1v) is 7.57. The highest BCUT2D eigenvalue weighted by molar-refractivity contribution is 5.81. The molecule has 1 aromatic carbocycles. The van der Waals surface area contributed by atoms with Crippen molar-refractivity contribution in [3.63, 3.8) is 0 Å². The van der Waals surface area contributed by atoms with Crippen molar-refractivity contribution in [1.29, 1.82) is 0 Å². The number of ether oxygens (including phenoxy) is 1. The van der Waals surface area contributed by atoms with Crippen LogP contribution in [0.1, 0.15) is 37.9 Å². The minimum Gasteiger partial charge on any atom is -0.366 e. The predicted octanol–water partition coefficient (Wildman–Crippen LogP) is 2.19. The van der Waals surface area contributed by atoms with Crippen LogP contribution in [-0.2, 0) is 9.53 Å². The molecule has 2 N–H and O–H groups in total. The number of nitrogens with one attached hydrogen (secondary N) is 2. The van der Waals surface area contributed by atoms with Gasteiger partial charge in [0.15, 0.2) is 0 Å². The number of benzene rings is 1. The lowest BCUT2D eigenvalue weighted by atomic mass is 9.82. The van der Waals surface area contributed by atoms with Crippen molar-refractivity contribution in [2.45, 2.75) is 39.8 Å². The predicted molar refractivity (Wildman–Crippen MR) is 84.1 cm³/mol. The van der Waals surface area contributed by atoms with Crippen LogP contribution < -0.4 is 10.6 Å². The van der Waals surface area contributed by atoms with Gasteiger partial charge in [0.1, 0.15) is 6.10 Å². The lowest BCUT2D eigenvalue weighted by Gasteiger charge is -2.34. The van der Waals surface area contributed by atoms with Gasteiger partial charge in [-0.05, 0) is 17.9 Å². The number of morpholine rings is 1. The molecule has 1 heterocycles. The van der Waals surface area contributed by atoms with Gasteiger partial charge in [-0.3, -0.25) is 4.79 Å². The van der Waals surface area contributed by atoms with Crippen LogP contribution in [0.2, 0.25) is 0 Å². The summed E-state index contributed by atoms with van der Waals surface area (Å²) in [5, 5.41) is 6.36. The summed E-state index contributed by atoms with van der Waals surface area (Å²) < 4.78 is 5.54. The first-order chi connectivity index (χ1) is 9.88. The molecule has 0 aliphatic carbocycles. The molecule has 21 heavy (non-hydrogen) atoms. The van der Waals surface area contributed by atoms with Crippen molar-refractivity contribution in [2.24, 2.45) is 5.41 Å². The van der Waals surface area contributed by atoms with Crippen molar-refractivity contribution in [3.05, 3.63) is 35.4 Å². The molecule has 116 valence electrons. The van der Waals surface area contributed by atoms with Gasteiger partial charge in [-0.25, -0.2) is 0 Å². The van der Waals surface area contributed by atoms with E-state index in [9.17, 15) is 4.79 Å². The maximum absolute atomic E-state index is 12.4. The van der Waals surface area contributed by atoms with E-state index in [1.54, 1.807) is 0 Å². The van der Waals surface area contributed by atoms with Crippen molar-refractivity contribution < 1.29 is 9.53 Å². The molecule has 0 radical (unpaired) electrons. The van der Waals surface area contributed by atoms with Gasteiger partial charge in [0.2, 0.25) is 0 Å². The van der Waals surface area contributed by atoms with Gasteiger partial charge in [0, 0.05) is 13.1 Å². The molecule has 1 aliphatic heterocycles. The lowest BCUT2D eigenvalue weighted by Crippen LogP contribution is -2.50. The number of hydrogen-bond donors (Lipinski definition) is 2. The van der Waals surface area contributed by atoms with Gasteiger partial charge in [-0.2, -0.15) is 0 Å². The van der Waals surface area contributed by atoms with Crippen LogP contribution in [0.25, 0.3) is 0 Å². The Hall–Kier alpha value is -1.39. The summed E-state index contributed by atoms with van der Waals surface area (Å²) in [7, 11) is 0. The highest BCUT2D eigenvalue weighted by Crippen LogP contribution is 2.33. The molecule has 1 aliphatic rings. The Morgan fingerprint density at radius 1 is 1.43 bits per heavy atom. The van der Waals surface area contributed by atoms with E-state index >= 15 is 0 Å². The Morgan fingerprint density at radius 2 is 2.19 bits per heavy atom. The molecule has 0 aromatic heterocycles. The number of aryl methyl sites for hydroxylation is 1. The molecule has 1 fully saturated rings. The van der Waals surface area contributed by atoms with E-state index in [0.717, 1.165) is 12.1 Å². The van der Waals surface area contributed by atoms with Crippen LogP contribution in [0, 0.1) is 12.3 Å². The van der Waals surface area contributed by atoms with Gasteiger partial charge in [-0.15, -0.1) is 0 Å².